The standard InChI is InChI=1S/C16H26O/c1-6-16(4,12-11-13(2)3)14-7-9-15(17-5)10-8-14/h7-10,13H,6,11-12H2,1-5H3. The Morgan fingerprint density at radius 3 is 2.18 bits per heavy atom. The van der Waals surface area contributed by atoms with Crippen molar-refractivity contribution in [3.8, 4) is 5.75 Å². The lowest BCUT2D eigenvalue weighted by molar-refractivity contribution is 0.372. The van der Waals surface area contributed by atoms with Gasteiger partial charge in [0, 0.05) is 0 Å². The largest absolute Gasteiger partial charge is 0.497 e. The number of hydrogen-bond acceptors (Lipinski definition) is 1. The van der Waals surface area contributed by atoms with Crippen molar-refractivity contribution in [2.24, 2.45) is 5.92 Å². The molecule has 0 saturated heterocycles. The van der Waals surface area contributed by atoms with Gasteiger partial charge in [0.2, 0.25) is 0 Å². The van der Waals surface area contributed by atoms with E-state index >= 15 is 0 Å². The predicted molar refractivity (Wildman–Crippen MR) is 74.7 cm³/mol. The molecule has 1 aromatic rings. The highest BCUT2D eigenvalue weighted by molar-refractivity contribution is 5.31. The molecule has 0 amide bonds. The van der Waals surface area contributed by atoms with Crippen LogP contribution in [0.25, 0.3) is 0 Å². The minimum absolute atomic E-state index is 0.302. The van der Waals surface area contributed by atoms with Crippen molar-refractivity contribution in [1.82, 2.24) is 0 Å². The van der Waals surface area contributed by atoms with Crippen molar-refractivity contribution in [1.29, 1.82) is 0 Å². The van der Waals surface area contributed by atoms with Gasteiger partial charge in [-0.1, -0.05) is 46.2 Å². The fraction of sp³-hybridized carbons (Fsp3) is 0.625. The summed E-state index contributed by atoms with van der Waals surface area (Å²) in [4.78, 5) is 0. The van der Waals surface area contributed by atoms with Crippen molar-refractivity contribution < 1.29 is 4.74 Å². The van der Waals surface area contributed by atoms with Crippen LogP contribution < -0.4 is 4.74 Å². The molecule has 0 aromatic heterocycles. The Morgan fingerprint density at radius 2 is 1.76 bits per heavy atom. The minimum atomic E-state index is 0.302. The zero-order valence-corrected chi connectivity index (χ0v) is 11.9. The van der Waals surface area contributed by atoms with E-state index in [0.717, 1.165) is 11.7 Å². The molecule has 0 spiro atoms. The summed E-state index contributed by atoms with van der Waals surface area (Å²) >= 11 is 0. The van der Waals surface area contributed by atoms with Crippen molar-refractivity contribution in [2.75, 3.05) is 7.11 Å². The van der Waals surface area contributed by atoms with Crippen LogP contribution in [0.3, 0.4) is 0 Å². The molecule has 0 aliphatic heterocycles. The Kier molecular flexibility index (Phi) is 5.04. The van der Waals surface area contributed by atoms with E-state index in [1.54, 1.807) is 7.11 Å². The summed E-state index contributed by atoms with van der Waals surface area (Å²) in [6.45, 7) is 9.25. The first-order chi connectivity index (χ1) is 8.01. The number of methoxy groups -OCH3 is 1. The number of hydrogen-bond donors (Lipinski definition) is 0. The second kappa shape index (κ2) is 6.09. The Morgan fingerprint density at radius 1 is 1.18 bits per heavy atom. The maximum Gasteiger partial charge on any atom is 0.118 e. The maximum absolute atomic E-state index is 5.21. The van der Waals surface area contributed by atoms with E-state index in [9.17, 15) is 0 Å². The summed E-state index contributed by atoms with van der Waals surface area (Å²) in [5.41, 5.74) is 1.73. The second-order valence-electron chi connectivity index (χ2n) is 5.58. The van der Waals surface area contributed by atoms with Gasteiger partial charge >= 0.3 is 0 Å². The van der Waals surface area contributed by atoms with Crippen LogP contribution in [-0.4, -0.2) is 7.11 Å². The molecule has 96 valence electrons. The molecule has 1 nitrogen and oxygen atoms in total. The molecule has 0 aliphatic carbocycles. The molecule has 0 aliphatic rings. The minimum Gasteiger partial charge on any atom is -0.497 e. The average molecular weight is 234 g/mol. The van der Waals surface area contributed by atoms with Gasteiger partial charge in [-0.2, -0.15) is 0 Å². The third kappa shape index (κ3) is 3.76. The highest BCUT2D eigenvalue weighted by atomic mass is 16.5. The lowest BCUT2D eigenvalue weighted by Crippen LogP contribution is -2.21. The van der Waals surface area contributed by atoms with Crippen LogP contribution in [0.5, 0.6) is 5.75 Å². The third-order valence-electron chi connectivity index (χ3n) is 3.84. The Labute approximate surface area is 106 Å². The average Bonchev–Trinajstić information content (AvgIpc) is 2.36. The van der Waals surface area contributed by atoms with E-state index < -0.39 is 0 Å². The van der Waals surface area contributed by atoms with Crippen LogP contribution in [-0.2, 0) is 5.41 Å². The molecule has 0 saturated carbocycles. The molecule has 0 heterocycles. The normalized spacial score (nSPS) is 14.7. The number of rotatable bonds is 6. The van der Waals surface area contributed by atoms with Crippen LogP contribution in [0.1, 0.15) is 52.5 Å². The lowest BCUT2D eigenvalue weighted by atomic mass is 9.75. The van der Waals surface area contributed by atoms with Gasteiger partial charge in [0.1, 0.15) is 5.75 Å². The van der Waals surface area contributed by atoms with E-state index in [1.807, 2.05) is 0 Å². The molecule has 0 radical (unpaired) electrons. The zero-order chi connectivity index (χ0) is 12.9. The molecule has 1 unspecified atom stereocenters. The van der Waals surface area contributed by atoms with Gasteiger partial charge in [-0.05, 0) is 41.9 Å². The van der Waals surface area contributed by atoms with Crippen molar-refractivity contribution in [2.45, 2.75) is 52.4 Å². The first-order valence-electron chi connectivity index (χ1n) is 6.66. The molecule has 0 N–H and O–H groups in total. The van der Waals surface area contributed by atoms with Gasteiger partial charge in [0.25, 0.3) is 0 Å². The summed E-state index contributed by atoms with van der Waals surface area (Å²) in [6, 6.07) is 8.56. The number of ether oxygens (including phenoxy) is 1. The maximum atomic E-state index is 5.21. The molecule has 0 bridgehead atoms. The fourth-order valence-electron chi connectivity index (χ4n) is 2.13. The van der Waals surface area contributed by atoms with E-state index in [2.05, 4.69) is 52.0 Å². The molecule has 0 fully saturated rings. The van der Waals surface area contributed by atoms with Crippen LogP contribution in [0.2, 0.25) is 0 Å². The van der Waals surface area contributed by atoms with E-state index in [4.69, 9.17) is 4.74 Å². The van der Waals surface area contributed by atoms with Crippen LogP contribution in [0.4, 0.5) is 0 Å². The van der Waals surface area contributed by atoms with Crippen molar-refractivity contribution >= 4 is 0 Å². The summed E-state index contributed by atoms with van der Waals surface area (Å²) in [5, 5.41) is 0. The van der Waals surface area contributed by atoms with Crippen molar-refractivity contribution in [3.05, 3.63) is 29.8 Å². The van der Waals surface area contributed by atoms with Gasteiger partial charge in [0.05, 0.1) is 7.11 Å². The summed E-state index contributed by atoms with van der Waals surface area (Å²) in [7, 11) is 1.72. The molecule has 17 heavy (non-hydrogen) atoms. The molecule has 1 heteroatoms. The molecular formula is C16H26O. The summed E-state index contributed by atoms with van der Waals surface area (Å²) in [5.74, 6) is 1.72. The zero-order valence-electron chi connectivity index (χ0n) is 11.9. The first-order valence-corrected chi connectivity index (χ1v) is 6.66. The van der Waals surface area contributed by atoms with Crippen molar-refractivity contribution in [3.63, 3.8) is 0 Å². The predicted octanol–water partition coefficient (Wildman–Crippen LogP) is 4.80. The molecule has 1 rings (SSSR count). The van der Waals surface area contributed by atoms with E-state index in [-0.39, 0.29) is 0 Å². The second-order valence-corrected chi connectivity index (χ2v) is 5.58. The van der Waals surface area contributed by atoms with Crippen LogP contribution >= 0.6 is 0 Å². The topological polar surface area (TPSA) is 9.23 Å². The van der Waals surface area contributed by atoms with Gasteiger partial charge in [-0.15, -0.1) is 0 Å². The summed E-state index contributed by atoms with van der Waals surface area (Å²) < 4.78 is 5.21. The smallest absolute Gasteiger partial charge is 0.118 e. The molecule has 1 aromatic carbocycles. The fourth-order valence-corrected chi connectivity index (χ4v) is 2.13. The van der Waals surface area contributed by atoms with Gasteiger partial charge in [-0.3, -0.25) is 0 Å². The number of benzene rings is 1. The lowest BCUT2D eigenvalue weighted by Gasteiger charge is -2.30. The Balaban J connectivity index is 2.83. The molecular weight excluding hydrogens is 208 g/mol. The SMILES string of the molecule is CCC(C)(CCC(C)C)c1ccc(OC)cc1. The van der Waals surface area contributed by atoms with Gasteiger partial charge in [0.15, 0.2) is 0 Å². The van der Waals surface area contributed by atoms with Gasteiger partial charge < -0.3 is 4.74 Å². The Bertz CT molecular complexity index is 326. The van der Waals surface area contributed by atoms with Gasteiger partial charge in [-0.25, -0.2) is 0 Å². The third-order valence-corrected chi connectivity index (χ3v) is 3.84. The monoisotopic (exact) mass is 234 g/mol. The quantitative estimate of drug-likeness (QED) is 0.687. The van der Waals surface area contributed by atoms with E-state index in [1.165, 1.54) is 24.8 Å². The first kappa shape index (κ1) is 14.1. The summed E-state index contributed by atoms with van der Waals surface area (Å²) in [6.07, 6.45) is 3.73. The van der Waals surface area contributed by atoms with Crippen LogP contribution in [0, 0.1) is 5.92 Å². The highest BCUT2D eigenvalue weighted by Gasteiger charge is 2.24. The van der Waals surface area contributed by atoms with Crippen LogP contribution in [0.15, 0.2) is 24.3 Å². The highest BCUT2D eigenvalue weighted by Crippen LogP contribution is 2.34. The molecule has 1 atom stereocenters. The van der Waals surface area contributed by atoms with E-state index in [0.29, 0.717) is 5.41 Å². The Hall–Kier alpha value is -0.980.